The van der Waals surface area contributed by atoms with E-state index in [4.69, 9.17) is 4.74 Å². The summed E-state index contributed by atoms with van der Waals surface area (Å²) in [5.74, 6) is 0.737. The molecule has 0 radical (unpaired) electrons. The van der Waals surface area contributed by atoms with Crippen LogP contribution in [0, 0.1) is 12.3 Å². The Morgan fingerprint density at radius 1 is 1.26 bits per heavy atom. The highest BCUT2D eigenvalue weighted by molar-refractivity contribution is 7.99. The SMILES string of the molecule is COc1ccc2ncc(C)c([C@H](F)CCC3(C(=O)O)CCN(CCSc4ccccn4)CC3)c2c1. The number of fused-ring (bicyclic) bond motifs is 1. The Labute approximate surface area is 209 Å². The van der Waals surface area contributed by atoms with E-state index in [1.54, 1.807) is 31.3 Å². The number of aromatic nitrogens is 2. The average molecular weight is 498 g/mol. The molecule has 1 N–H and O–H groups in total. The number of carboxylic acids is 1. The first-order valence-electron chi connectivity index (χ1n) is 12.0. The van der Waals surface area contributed by atoms with E-state index in [0.29, 0.717) is 49.2 Å². The molecule has 2 aromatic heterocycles. The highest BCUT2D eigenvalue weighted by Gasteiger charge is 2.41. The Morgan fingerprint density at radius 3 is 2.74 bits per heavy atom. The van der Waals surface area contributed by atoms with Gasteiger partial charge in [0.2, 0.25) is 0 Å². The molecule has 4 rings (SSSR count). The Balaban J connectivity index is 1.38. The molecule has 6 nitrogen and oxygen atoms in total. The lowest BCUT2D eigenvalue weighted by atomic mass is 9.74. The third kappa shape index (κ3) is 5.93. The second kappa shape index (κ2) is 11.4. The van der Waals surface area contributed by atoms with Gasteiger partial charge >= 0.3 is 5.97 Å². The normalized spacial score (nSPS) is 16.8. The molecular formula is C27H32FN3O3S. The molecule has 0 spiro atoms. The van der Waals surface area contributed by atoms with Crippen molar-refractivity contribution in [2.75, 3.05) is 32.5 Å². The monoisotopic (exact) mass is 497 g/mol. The first-order chi connectivity index (χ1) is 16.9. The molecule has 3 heterocycles. The van der Waals surface area contributed by atoms with Crippen LogP contribution in [-0.2, 0) is 4.79 Å². The van der Waals surface area contributed by atoms with Crippen LogP contribution in [0.15, 0.2) is 53.8 Å². The average Bonchev–Trinajstić information content (AvgIpc) is 2.88. The largest absolute Gasteiger partial charge is 0.497 e. The first-order valence-corrected chi connectivity index (χ1v) is 13.0. The predicted octanol–water partition coefficient (Wildman–Crippen LogP) is 5.70. The number of halogens is 1. The van der Waals surface area contributed by atoms with Crippen molar-refractivity contribution in [2.45, 2.75) is 43.8 Å². The van der Waals surface area contributed by atoms with Gasteiger partial charge in [0.05, 0.1) is 23.1 Å². The van der Waals surface area contributed by atoms with Crippen LogP contribution in [0.3, 0.4) is 0 Å². The number of rotatable bonds is 10. The van der Waals surface area contributed by atoms with E-state index >= 15 is 4.39 Å². The smallest absolute Gasteiger partial charge is 0.309 e. The summed E-state index contributed by atoms with van der Waals surface area (Å²) in [6, 6.07) is 11.3. The third-order valence-electron chi connectivity index (χ3n) is 7.07. The summed E-state index contributed by atoms with van der Waals surface area (Å²) in [5, 5.41) is 11.8. The van der Waals surface area contributed by atoms with E-state index < -0.39 is 17.6 Å². The number of nitrogens with zero attached hydrogens (tertiary/aromatic N) is 3. The van der Waals surface area contributed by atoms with Crippen LogP contribution in [0.5, 0.6) is 5.75 Å². The van der Waals surface area contributed by atoms with Gasteiger partial charge < -0.3 is 14.7 Å². The third-order valence-corrected chi connectivity index (χ3v) is 7.99. The number of carbonyl (C=O) groups is 1. The number of benzene rings is 1. The Kier molecular flexibility index (Phi) is 8.23. The van der Waals surface area contributed by atoms with Crippen LogP contribution in [0.1, 0.15) is 43.0 Å². The molecule has 1 saturated heterocycles. The van der Waals surface area contributed by atoms with E-state index in [1.807, 2.05) is 43.3 Å². The van der Waals surface area contributed by atoms with Gasteiger partial charge in [-0.1, -0.05) is 6.07 Å². The van der Waals surface area contributed by atoms with Crippen LogP contribution in [-0.4, -0.2) is 58.4 Å². The van der Waals surface area contributed by atoms with E-state index in [9.17, 15) is 9.90 Å². The zero-order valence-electron chi connectivity index (χ0n) is 20.2. The number of thioether (sulfide) groups is 1. The van der Waals surface area contributed by atoms with Gasteiger partial charge in [0.15, 0.2) is 0 Å². The van der Waals surface area contributed by atoms with Crippen molar-refractivity contribution in [1.29, 1.82) is 0 Å². The standard InChI is InChI=1S/C27H32FN3O3S/c1-19-18-30-23-7-6-20(34-2)17-21(23)25(19)22(28)8-9-27(26(32)33)10-13-31(14-11-27)15-16-35-24-5-3-4-12-29-24/h3-7,12,17-18,22H,8-11,13-16H2,1-2H3,(H,32,33)/t22-/m1/s1. The van der Waals surface area contributed by atoms with Gasteiger partial charge in [-0.05, 0) is 87.2 Å². The summed E-state index contributed by atoms with van der Waals surface area (Å²) in [5.41, 5.74) is 1.17. The molecule has 0 bridgehead atoms. The van der Waals surface area contributed by atoms with Crippen molar-refractivity contribution >= 4 is 28.6 Å². The minimum absolute atomic E-state index is 0.166. The topological polar surface area (TPSA) is 75.6 Å². The van der Waals surface area contributed by atoms with Crippen LogP contribution < -0.4 is 4.74 Å². The van der Waals surface area contributed by atoms with Crippen LogP contribution in [0.2, 0.25) is 0 Å². The molecule has 1 aromatic carbocycles. The second-order valence-electron chi connectivity index (χ2n) is 9.19. The Bertz CT molecular complexity index is 1150. The van der Waals surface area contributed by atoms with Crippen LogP contribution in [0.4, 0.5) is 4.39 Å². The van der Waals surface area contributed by atoms with Crippen LogP contribution in [0.25, 0.3) is 10.9 Å². The molecule has 0 saturated carbocycles. The number of ether oxygens (including phenoxy) is 1. The maximum Gasteiger partial charge on any atom is 0.309 e. The Morgan fingerprint density at radius 2 is 2.06 bits per heavy atom. The quantitative estimate of drug-likeness (QED) is 0.360. The summed E-state index contributed by atoms with van der Waals surface area (Å²) in [4.78, 5) is 23.4. The maximum absolute atomic E-state index is 15.7. The van der Waals surface area contributed by atoms with Gasteiger partial charge in [-0.3, -0.25) is 9.78 Å². The summed E-state index contributed by atoms with van der Waals surface area (Å²) < 4.78 is 21.0. The number of hydrogen-bond donors (Lipinski definition) is 1. The van der Waals surface area contributed by atoms with Gasteiger partial charge in [0, 0.05) is 30.1 Å². The lowest BCUT2D eigenvalue weighted by Crippen LogP contribution is -2.45. The molecule has 0 aliphatic carbocycles. The lowest BCUT2D eigenvalue weighted by Gasteiger charge is -2.39. The summed E-state index contributed by atoms with van der Waals surface area (Å²) >= 11 is 1.70. The molecule has 1 aliphatic rings. The number of aryl methyl sites for hydroxylation is 1. The summed E-state index contributed by atoms with van der Waals surface area (Å²) in [7, 11) is 1.58. The fourth-order valence-corrected chi connectivity index (χ4v) is 5.74. The first kappa shape index (κ1) is 25.4. The maximum atomic E-state index is 15.7. The van der Waals surface area contributed by atoms with Crippen molar-refractivity contribution < 1.29 is 19.0 Å². The lowest BCUT2D eigenvalue weighted by molar-refractivity contribution is -0.153. The number of likely N-dealkylation sites (tertiary alicyclic amines) is 1. The van der Waals surface area contributed by atoms with Crippen molar-refractivity contribution in [2.24, 2.45) is 5.41 Å². The molecule has 1 fully saturated rings. The van der Waals surface area contributed by atoms with Gasteiger partial charge in [-0.2, -0.15) is 0 Å². The summed E-state index contributed by atoms with van der Waals surface area (Å²) in [6.07, 6.45) is 3.75. The molecule has 0 unspecified atom stereocenters. The molecule has 0 amide bonds. The van der Waals surface area contributed by atoms with E-state index in [-0.39, 0.29) is 6.42 Å². The number of alkyl halides is 1. The minimum Gasteiger partial charge on any atom is -0.497 e. The number of hydrogen-bond acceptors (Lipinski definition) is 6. The molecule has 1 atom stereocenters. The molecule has 1 aliphatic heterocycles. The predicted molar refractivity (Wildman–Crippen MR) is 137 cm³/mol. The van der Waals surface area contributed by atoms with Gasteiger partial charge in [0.25, 0.3) is 0 Å². The van der Waals surface area contributed by atoms with E-state index in [2.05, 4.69) is 14.9 Å². The molecular weight excluding hydrogens is 465 g/mol. The second-order valence-corrected chi connectivity index (χ2v) is 10.3. The Hall–Kier alpha value is -2.71. The highest BCUT2D eigenvalue weighted by atomic mass is 32.2. The molecule has 35 heavy (non-hydrogen) atoms. The fraction of sp³-hybridized carbons (Fsp3) is 0.444. The van der Waals surface area contributed by atoms with Crippen molar-refractivity contribution in [3.05, 3.63) is 59.9 Å². The van der Waals surface area contributed by atoms with Crippen molar-refractivity contribution in [3.8, 4) is 5.75 Å². The molecule has 8 heteroatoms. The minimum atomic E-state index is -1.27. The van der Waals surface area contributed by atoms with Crippen LogP contribution >= 0.6 is 11.8 Å². The number of carboxylic acid groups (broad SMARTS) is 1. The zero-order chi connectivity index (χ0) is 24.8. The van der Waals surface area contributed by atoms with Crippen molar-refractivity contribution in [3.63, 3.8) is 0 Å². The fourth-order valence-electron chi connectivity index (χ4n) is 4.87. The van der Waals surface area contributed by atoms with E-state index in [0.717, 1.165) is 28.3 Å². The molecule has 3 aromatic rings. The van der Waals surface area contributed by atoms with Gasteiger partial charge in [-0.25, -0.2) is 9.37 Å². The van der Waals surface area contributed by atoms with E-state index in [1.165, 1.54) is 0 Å². The number of methoxy groups -OCH3 is 1. The van der Waals surface area contributed by atoms with Gasteiger partial charge in [0.1, 0.15) is 11.9 Å². The van der Waals surface area contributed by atoms with Gasteiger partial charge in [-0.15, -0.1) is 11.8 Å². The highest BCUT2D eigenvalue weighted by Crippen LogP contribution is 2.41. The number of aliphatic carboxylic acids is 1. The van der Waals surface area contributed by atoms with Crippen molar-refractivity contribution in [1.82, 2.24) is 14.9 Å². The summed E-state index contributed by atoms with van der Waals surface area (Å²) in [6.45, 7) is 4.15. The molecule has 186 valence electrons. The zero-order valence-corrected chi connectivity index (χ0v) is 21.1. The number of pyridine rings is 2. The number of piperidine rings is 1.